The van der Waals surface area contributed by atoms with E-state index in [2.05, 4.69) is 183 Å². The SMILES string of the molecule is C=C=C.C=C=C.CC1C(C)C(C)C(C)C1C.CC1C(C)C(C)C(C)C1C.CC1C(C)C(C)C(C)C1C.CCCCCCCCC.CCCCCCCCC.[2HH].[CH2-]CCCCCCCC.[CH3-].[CH3-].[CH3-].[CH3-].[CH3-].[CH3-].[Rh+3].[Rh+3].[Rh]. The van der Waals surface area contributed by atoms with E-state index in [9.17, 15) is 0 Å². The van der Waals surface area contributed by atoms with Crippen molar-refractivity contribution in [2.45, 2.75) is 273 Å². The molecule has 3 aliphatic rings. The van der Waals surface area contributed by atoms with E-state index in [4.69, 9.17) is 0 Å². The number of unbranched alkanes of at least 4 members (excludes halogenated alkanes) is 18. The van der Waals surface area contributed by atoms with Crippen LogP contribution < -0.4 is 0 Å². The van der Waals surface area contributed by atoms with Gasteiger partial charge in [-0.3, -0.25) is 0 Å². The number of hydrogen-bond acceptors (Lipinski definition) is 0. The predicted octanol–water partition coefficient (Wildman–Crippen LogP) is 25.5. The molecular weight excluding hydrogens is 1140 g/mol. The van der Waals surface area contributed by atoms with Crippen LogP contribution in [-0.2, 0) is 58.4 Å². The smallest absolute Gasteiger partial charge is 0.358 e. The minimum Gasteiger partial charge on any atom is -0.358 e. The average Bonchev–Trinajstić information content (AvgIpc) is 3.63. The minimum absolute atomic E-state index is 0. The van der Waals surface area contributed by atoms with Crippen molar-refractivity contribution >= 4 is 0 Å². The Morgan fingerprint density at radius 1 is 0.264 bits per heavy atom. The summed E-state index contributed by atoms with van der Waals surface area (Å²) in [6.45, 7) is 63.6. The zero-order chi connectivity index (χ0) is 49.9. The van der Waals surface area contributed by atoms with Gasteiger partial charge in [-0.05, 0) is 88.8 Å². The Balaban J connectivity index is -0.0000000405. The first kappa shape index (κ1) is 109. The molecule has 3 aliphatic carbocycles. The van der Waals surface area contributed by atoms with E-state index in [0.717, 1.165) is 95.2 Å². The maximum atomic E-state index is 3.80. The molecule has 451 valence electrons. The molecular formula is C69H147Rh3-. The van der Waals surface area contributed by atoms with Crippen LogP contribution in [0.15, 0.2) is 37.8 Å². The molecule has 3 rings (SSSR count). The Morgan fingerprint density at radius 3 is 0.431 bits per heavy atom. The normalized spacial score (nSPS) is 27.1. The fraction of sp³-hybridized carbons (Fsp3) is 0.812. The first-order chi connectivity index (χ1) is 29.7. The Hall–Kier alpha value is 0.910. The summed E-state index contributed by atoms with van der Waals surface area (Å²) in [7, 11) is 0. The molecule has 1 radical (unpaired) electrons. The topological polar surface area (TPSA) is 0 Å². The van der Waals surface area contributed by atoms with Crippen LogP contribution in [0.1, 0.15) is 275 Å². The molecule has 0 aliphatic heterocycles. The van der Waals surface area contributed by atoms with Gasteiger partial charge in [0.25, 0.3) is 0 Å². The van der Waals surface area contributed by atoms with Crippen molar-refractivity contribution in [3.05, 3.63) is 89.3 Å². The van der Waals surface area contributed by atoms with Crippen LogP contribution in [-0.4, -0.2) is 0 Å². The molecule has 0 unspecified atom stereocenters. The summed E-state index contributed by atoms with van der Waals surface area (Å²) in [6.07, 6.45) is 29.4. The zero-order valence-corrected chi connectivity index (χ0v) is 60.0. The standard InChI is InChI=1S/3C10H20.2C9H20.C9H19.2C3H4.6CH3.3Rh.H2/c3*1-6-7(2)9(4)10(5)8(6)3;3*1-3-5-7-9-8-6-4-2;2*1-3-2;;;;;;;;;;/h3*6-10H,1-5H3;2*3-9H2,1-2H3;1,3-9H2,2H3;2*1-2H2;6*1H3;;;;1H/q;;;;;-1;;;6*-1;;2*+3;/i;;;;;;;;;;;;;;;;;1+1. The summed E-state index contributed by atoms with van der Waals surface area (Å²) in [6, 6.07) is 0. The van der Waals surface area contributed by atoms with Crippen molar-refractivity contribution in [1.29, 1.82) is 0 Å². The summed E-state index contributed by atoms with van der Waals surface area (Å²) in [5, 5.41) is 0. The maximum absolute atomic E-state index is 3.80. The minimum atomic E-state index is 0. The van der Waals surface area contributed by atoms with E-state index >= 15 is 0 Å². The molecule has 0 aromatic rings. The summed E-state index contributed by atoms with van der Waals surface area (Å²) < 4.78 is 0. The molecule has 0 amide bonds. The van der Waals surface area contributed by atoms with Crippen LogP contribution >= 0.6 is 0 Å². The molecule has 0 heterocycles. The van der Waals surface area contributed by atoms with Gasteiger partial charge >= 0.3 is 39.0 Å². The van der Waals surface area contributed by atoms with Gasteiger partial charge in [-0.2, -0.15) is 6.42 Å². The Morgan fingerprint density at radius 2 is 0.347 bits per heavy atom. The molecule has 0 saturated heterocycles. The Bertz CT molecular complexity index is 717. The van der Waals surface area contributed by atoms with Crippen molar-refractivity contribution in [1.82, 2.24) is 0 Å². The van der Waals surface area contributed by atoms with Crippen molar-refractivity contribution in [3.8, 4) is 0 Å². The van der Waals surface area contributed by atoms with Gasteiger partial charge in [0.1, 0.15) is 0 Å². The second-order valence-electron chi connectivity index (χ2n) is 21.5. The maximum Gasteiger partial charge on any atom is 3.00 e. The molecule has 0 bridgehead atoms. The molecule has 3 fully saturated rings. The van der Waals surface area contributed by atoms with Crippen molar-refractivity contribution in [2.75, 3.05) is 0 Å². The first-order valence-corrected chi connectivity index (χ1v) is 28.1. The third-order valence-corrected chi connectivity index (χ3v) is 17.5. The third-order valence-electron chi connectivity index (χ3n) is 17.5. The van der Waals surface area contributed by atoms with Crippen LogP contribution in [0.2, 0.25) is 0 Å². The molecule has 0 aromatic heterocycles. The number of rotatable bonds is 18. The van der Waals surface area contributed by atoms with Crippen LogP contribution in [0.4, 0.5) is 0 Å². The molecule has 0 nitrogen and oxygen atoms in total. The quantitative estimate of drug-likeness (QED) is 0.0555. The Labute approximate surface area is 507 Å². The molecule has 0 atom stereocenters. The van der Waals surface area contributed by atoms with Gasteiger partial charge in [0.05, 0.1) is 0 Å². The van der Waals surface area contributed by atoms with Crippen LogP contribution in [0.3, 0.4) is 0 Å². The van der Waals surface area contributed by atoms with E-state index in [0.29, 0.717) is 0 Å². The van der Waals surface area contributed by atoms with Gasteiger partial charge in [-0.25, -0.2) is 0 Å². The molecule has 0 aromatic carbocycles. The van der Waals surface area contributed by atoms with Crippen LogP contribution in [0.25, 0.3) is 0 Å². The van der Waals surface area contributed by atoms with Crippen LogP contribution in [0.5, 0.6) is 0 Å². The second kappa shape index (κ2) is 76.1. The van der Waals surface area contributed by atoms with Crippen molar-refractivity contribution < 1.29 is 59.9 Å². The zero-order valence-electron chi connectivity index (χ0n) is 55.0. The summed E-state index contributed by atoms with van der Waals surface area (Å²) >= 11 is 0. The van der Waals surface area contributed by atoms with Gasteiger partial charge in [0.15, 0.2) is 0 Å². The van der Waals surface area contributed by atoms with E-state index in [-0.39, 0.29) is 104 Å². The molecule has 0 spiro atoms. The van der Waals surface area contributed by atoms with Gasteiger partial charge < -0.3 is 51.5 Å². The summed E-state index contributed by atoms with van der Waals surface area (Å²) in [5.41, 5.74) is 4.50. The fourth-order valence-electron chi connectivity index (χ4n) is 10.2. The largest absolute Gasteiger partial charge is 3.00 e. The predicted molar refractivity (Wildman–Crippen MR) is 338 cm³/mol. The number of hydrogen-bond donors (Lipinski definition) is 0. The van der Waals surface area contributed by atoms with Gasteiger partial charge in [0.2, 0.25) is 0 Å². The van der Waals surface area contributed by atoms with Crippen molar-refractivity contribution in [2.24, 2.45) is 88.8 Å². The molecule has 3 heteroatoms. The van der Waals surface area contributed by atoms with Crippen molar-refractivity contribution in [3.63, 3.8) is 0 Å². The summed E-state index contributed by atoms with van der Waals surface area (Å²) in [5.74, 6) is 14.0. The van der Waals surface area contributed by atoms with Gasteiger partial charge in [-0.15, -0.1) is 11.5 Å². The second-order valence-corrected chi connectivity index (χ2v) is 21.5. The van der Waals surface area contributed by atoms with Crippen LogP contribution in [0, 0.1) is 140 Å². The fourth-order valence-corrected chi connectivity index (χ4v) is 10.2. The van der Waals surface area contributed by atoms with E-state index in [1.807, 2.05) is 0 Å². The monoisotopic (exact) mass is 1290 g/mol. The Kier molecular flexibility index (Phi) is 115. The molecule has 0 N–H and O–H groups in total. The van der Waals surface area contributed by atoms with E-state index < -0.39 is 0 Å². The van der Waals surface area contributed by atoms with E-state index in [1.54, 1.807) is 0 Å². The van der Waals surface area contributed by atoms with E-state index in [1.165, 1.54) is 128 Å². The molecule has 72 heavy (non-hydrogen) atoms. The average molecular weight is 1290 g/mol. The molecule has 3 saturated carbocycles. The third kappa shape index (κ3) is 55.7. The van der Waals surface area contributed by atoms with Gasteiger partial charge in [-0.1, -0.05) is 293 Å². The first-order valence-electron chi connectivity index (χ1n) is 28.1. The summed E-state index contributed by atoms with van der Waals surface area (Å²) in [4.78, 5) is 0. The van der Waals surface area contributed by atoms with Gasteiger partial charge in [0, 0.05) is 20.9 Å².